The van der Waals surface area contributed by atoms with Crippen LogP contribution >= 0.6 is 7.82 Å². The van der Waals surface area contributed by atoms with Crippen molar-refractivity contribution in [1.29, 1.82) is 0 Å². The topological polar surface area (TPSA) is 119 Å². The lowest BCUT2D eigenvalue weighted by molar-refractivity contribution is -0.157. The van der Waals surface area contributed by atoms with E-state index >= 15 is 0 Å². The minimum atomic E-state index is -4.77. The Labute approximate surface area is 281 Å². The molecule has 0 bridgehead atoms. The Morgan fingerprint density at radius 3 is 1.57 bits per heavy atom. The van der Waals surface area contributed by atoms with Crippen molar-refractivity contribution in [2.75, 3.05) is 13.2 Å². The molecule has 0 radical (unpaired) electrons. The SMILES string of the molecule is CCCCCCCC/C=C/CCCCCC(=O)OC[C@H](COP(=O)(O)O)OC(=O)/C=C/C=C/CCCCCCCCCCCCC. The van der Waals surface area contributed by atoms with Gasteiger partial charge in [-0.2, -0.15) is 0 Å². The maximum Gasteiger partial charge on any atom is 0.469 e. The number of phosphoric ester groups is 1. The van der Waals surface area contributed by atoms with Crippen LogP contribution in [0.3, 0.4) is 0 Å². The van der Waals surface area contributed by atoms with Gasteiger partial charge in [0.25, 0.3) is 0 Å². The summed E-state index contributed by atoms with van der Waals surface area (Å²) in [5, 5.41) is 0. The fourth-order valence-corrected chi connectivity index (χ4v) is 5.34. The highest BCUT2D eigenvalue weighted by Gasteiger charge is 2.22. The normalized spacial score (nSPS) is 12.9. The summed E-state index contributed by atoms with van der Waals surface area (Å²) in [5.41, 5.74) is 0. The molecule has 0 aliphatic rings. The van der Waals surface area contributed by atoms with Crippen LogP contribution in [0.5, 0.6) is 0 Å². The number of ether oxygens (including phenoxy) is 2. The largest absolute Gasteiger partial charge is 0.469 e. The average Bonchev–Trinajstić information content (AvgIpc) is 3.02. The van der Waals surface area contributed by atoms with E-state index in [9.17, 15) is 14.2 Å². The van der Waals surface area contributed by atoms with Crippen LogP contribution in [0.25, 0.3) is 0 Å². The first kappa shape index (κ1) is 44.3. The smallest absolute Gasteiger partial charge is 0.462 e. The summed E-state index contributed by atoms with van der Waals surface area (Å²) in [6.07, 6.45) is 37.8. The summed E-state index contributed by atoms with van der Waals surface area (Å²) >= 11 is 0. The van der Waals surface area contributed by atoms with Crippen LogP contribution in [0.15, 0.2) is 36.5 Å². The molecule has 0 amide bonds. The Morgan fingerprint density at radius 2 is 1.07 bits per heavy atom. The Balaban J connectivity index is 4.12. The van der Waals surface area contributed by atoms with E-state index in [1.165, 1.54) is 109 Å². The summed E-state index contributed by atoms with van der Waals surface area (Å²) in [6, 6.07) is 0. The molecule has 0 aliphatic carbocycles. The van der Waals surface area contributed by atoms with Crippen molar-refractivity contribution in [2.45, 2.75) is 174 Å². The zero-order valence-corrected chi connectivity index (χ0v) is 30.1. The fraction of sp³-hybridized carbons (Fsp3) is 0.784. The van der Waals surface area contributed by atoms with Gasteiger partial charge < -0.3 is 19.3 Å². The first-order valence-corrected chi connectivity index (χ1v) is 19.9. The number of hydrogen-bond donors (Lipinski definition) is 2. The molecule has 0 unspecified atom stereocenters. The van der Waals surface area contributed by atoms with Gasteiger partial charge >= 0.3 is 19.8 Å². The average molecular weight is 671 g/mol. The van der Waals surface area contributed by atoms with Crippen molar-refractivity contribution >= 4 is 19.8 Å². The maximum absolute atomic E-state index is 12.2. The van der Waals surface area contributed by atoms with Gasteiger partial charge in [0.05, 0.1) is 6.61 Å². The number of rotatable bonds is 33. The number of carbonyl (C=O) groups is 2. The van der Waals surface area contributed by atoms with Gasteiger partial charge in [-0.1, -0.05) is 147 Å². The number of allylic oxidation sites excluding steroid dienone is 5. The third kappa shape index (κ3) is 35.1. The maximum atomic E-state index is 12.2. The van der Waals surface area contributed by atoms with Crippen molar-refractivity contribution in [3.63, 3.8) is 0 Å². The van der Waals surface area contributed by atoms with Crippen molar-refractivity contribution < 1.29 is 37.9 Å². The molecule has 0 spiro atoms. The summed E-state index contributed by atoms with van der Waals surface area (Å²) in [7, 11) is -4.77. The molecule has 0 aromatic rings. The van der Waals surface area contributed by atoms with Gasteiger partial charge in [-0.15, -0.1) is 0 Å². The molecule has 1 atom stereocenters. The molecule has 8 nitrogen and oxygen atoms in total. The van der Waals surface area contributed by atoms with Crippen LogP contribution in [0, 0.1) is 0 Å². The van der Waals surface area contributed by atoms with Crippen molar-refractivity contribution in [3.05, 3.63) is 36.5 Å². The second-order valence-corrected chi connectivity index (χ2v) is 13.5. The third-order valence-corrected chi connectivity index (χ3v) is 8.22. The quantitative estimate of drug-likeness (QED) is 0.0177. The second kappa shape index (κ2) is 33.2. The molecule has 0 rings (SSSR count). The van der Waals surface area contributed by atoms with Crippen molar-refractivity contribution in [3.8, 4) is 0 Å². The summed E-state index contributed by atoms with van der Waals surface area (Å²) in [4.78, 5) is 42.5. The lowest BCUT2D eigenvalue weighted by Crippen LogP contribution is -2.29. The van der Waals surface area contributed by atoms with E-state index in [0.717, 1.165) is 38.5 Å². The van der Waals surface area contributed by atoms with Gasteiger partial charge in [0.15, 0.2) is 6.10 Å². The standard InChI is InChI=1S/C37H67O8P/c1-3-5-7-9-11-13-15-17-18-20-22-24-26-28-30-32-37(39)45-35(34-44-46(40,41)42)33-43-36(38)31-29-27-25-23-21-19-16-14-12-10-8-6-4-2/h19,21,26,28,30,32,35H,3-18,20,22-25,27,29,31,33-34H2,1-2H3,(H2,40,41,42)/b21-19+,28-26+,32-30+/t35-/m1/s1. The molecule has 0 aromatic carbocycles. The van der Waals surface area contributed by atoms with Crippen LogP contribution in [-0.2, 0) is 28.2 Å². The molecule has 2 N–H and O–H groups in total. The fourth-order valence-electron chi connectivity index (χ4n) is 4.98. The minimum Gasteiger partial charge on any atom is -0.462 e. The monoisotopic (exact) mass is 670 g/mol. The first-order valence-electron chi connectivity index (χ1n) is 18.3. The van der Waals surface area contributed by atoms with E-state index in [1.807, 2.05) is 6.08 Å². The molecule has 268 valence electrons. The van der Waals surface area contributed by atoms with E-state index in [0.29, 0.717) is 6.42 Å². The van der Waals surface area contributed by atoms with E-state index < -0.39 is 32.5 Å². The van der Waals surface area contributed by atoms with E-state index in [-0.39, 0.29) is 13.0 Å². The minimum absolute atomic E-state index is 0.227. The van der Waals surface area contributed by atoms with Crippen LogP contribution in [0.2, 0.25) is 0 Å². The number of unbranched alkanes of at least 4 members (excludes halogenated alkanes) is 20. The van der Waals surface area contributed by atoms with Crippen LogP contribution < -0.4 is 0 Å². The highest BCUT2D eigenvalue weighted by atomic mass is 31.2. The van der Waals surface area contributed by atoms with E-state index in [2.05, 4.69) is 30.5 Å². The molecular formula is C37H67O8P. The summed E-state index contributed by atoms with van der Waals surface area (Å²) < 4.78 is 26.1. The number of carbonyl (C=O) groups excluding carboxylic acids is 2. The number of hydrogen-bond acceptors (Lipinski definition) is 6. The Kier molecular flexibility index (Phi) is 31.9. The van der Waals surface area contributed by atoms with Crippen molar-refractivity contribution in [2.24, 2.45) is 0 Å². The van der Waals surface area contributed by atoms with Gasteiger partial charge in [-0.05, 0) is 44.9 Å². The lowest BCUT2D eigenvalue weighted by Gasteiger charge is -2.17. The lowest BCUT2D eigenvalue weighted by atomic mass is 10.1. The molecular weight excluding hydrogens is 603 g/mol. The number of phosphoric acid groups is 1. The highest BCUT2D eigenvalue weighted by Crippen LogP contribution is 2.35. The van der Waals surface area contributed by atoms with Gasteiger partial charge in [-0.3, -0.25) is 9.32 Å². The summed E-state index contributed by atoms with van der Waals surface area (Å²) in [6.45, 7) is 3.55. The van der Waals surface area contributed by atoms with Crippen LogP contribution in [-0.4, -0.2) is 41.0 Å². The molecule has 46 heavy (non-hydrogen) atoms. The predicted molar refractivity (Wildman–Crippen MR) is 188 cm³/mol. The molecule has 0 saturated carbocycles. The zero-order valence-electron chi connectivity index (χ0n) is 29.2. The highest BCUT2D eigenvalue weighted by molar-refractivity contribution is 7.46. The molecule has 0 aliphatic heterocycles. The van der Waals surface area contributed by atoms with Crippen molar-refractivity contribution in [1.82, 2.24) is 0 Å². The van der Waals surface area contributed by atoms with Crippen LogP contribution in [0.4, 0.5) is 0 Å². The molecule has 9 heteroatoms. The third-order valence-electron chi connectivity index (χ3n) is 7.74. The van der Waals surface area contributed by atoms with Gasteiger partial charge in [0.1, 0.15) is 6.61 Å². The molecule has 0 aromatic heterocycles. The summed E-state index contributed by atoms with van der Waals surface area (Å²) in [5.74, 6) is -1.16. The van der Waals surface area contributed by atoms with Gasteiger partial charge in [0.2, 0.25) is 0 Å². The van der Waals surface area contributed by atoms with E-state index in [4.69, 9.17) is 19.3 Å². The Bertz CT molecular complexity index is 848. The number of esters is 2. The Hall–Kier alpha value is -1.73. The second-order valence-electron chi connectivity index (χ2n) is 12.3. The predicted octanol–water partition coefficient (Wildman–Crippen LogP) is 10.6. The molecule has 0 fully saturated rings. The first-order chi connectivity index (χ1) is 22.3. The van der Waals surface area contributed by atoms with E-state index in [1.54, 1.807) is 12.2 Å². The molecule has 0 heterocycles. The Morgan fingerprint density at radius 1 is 0.609 bits per heavy atom. The molecule has 0 saturated heterocycles. The van der Waals surface area contributed by atoms with Gasteiger partial charge in [0, 0.05) is 12.5 Å². The van der Waals surface area contributed by atoms with Crippen LogP contribution in [0.1, 0.15) is 168 Å². The zero-order chi connectivity index (χ0) is 34.0. The van der Waals surface area contributed by atoms with Gasteiger partial charge in [-0.25, -0.2) is 9.36 Å².